The quantitative estimate of drug-likeness (QED) is 0.597. The minimum Gasteiger partial charge on any atom is -0.374 e. The van der Waals surface area contributed by atoms with Crippen LogP contribution >= 0.6 is 39.3 Å². The maximum Gasteiger partial charge on any atom is 0.186 e. The topological polar surface area (TPSA) is 55.7 Å². The van der Waals surface area contributed by atoms with Crippen LogP contribution in [0, 0.1) is 6.92 Å². The summed E-state index contributed by atoms with van der Waals surface area (Å²) in [7, 11) is 0. The number of hydrogen-bond acceptors (Lipinski definition) is 5. The molecule has 2 aromatic carbocycles. The molecule has 0 fully saturated rings. The molecule has 1 aliphatic heterocycles. The molecule has 0 bridgehead atoms. The van der Waals surface area contributed by atoms with Gasteiger partial charge in [-0.25, -0.2) is 4.90 Å². The highest BCUT2D eigenvalue weighted by Gasteiger charge is 2.33. The summed E-state index contributed by atoms with van der Waals surface area (Å²) in [5.41, 5.74) is 3.47. The van der Waals surface area contributed by atoms with E-state index >= 15 is 0 Å². The van der Waals surface area contributed by atoms with Crippen molar-refractivity contribution in [3.63, 3.8) is 0 Å². The van der Waals surface area contributed by atoms with Crippen molar-refractivity contribution in [3.8, 4) is 0 Å². The van der Waals surface area contributed by atoms with Crippen molar-refractivity contribution in [1.82, 2.24) is 4.90 Å². The van der Waals surface area contributed by atoms with Gasteiger partial charge in [0.2, 0.25) is 0 Å². The van der Waals surface area contributed by atoms with Gasteiger partial charge >= 0.3 is 0 Å². The van der Waals surface area contributed by atoms with E-state index < -0.39 is 12.6 Å². The predicted molar refractivity (Wildman–Crippen MR) is 107 cm³/mol. The van der Waals surface area contributed by atoms with Crippen LogP contribution in [0.25, 0.3) is 0 Å². The van der Waals surface area contributed by atoms with Gasteiger partial charge in [0.25, 0.3) is 0 Å². The Hall–Kier alpha value is -0.760. The lowest BCUT2D eigenvalue weighted by Gasteiger charge is -2.39. The molecule has 0 aliphatic carbocycles. The minimum absolute atomic E-state index is 0.378. The van der Waals surface area contributed by atoms with E-state index in [9.17, 15) is 10.2 Å². The van der Waals surface area contributed by atoms with Gasteiger partial charge < -0.3 is 15.5 Å². The molecule has 3 rings (SSSR count). The monoisotopic (exact) mass is 442 g/mol. The van der Waals surface area contributed by atoms with Crippen molar-refractivity contribution >= 4 is 45.0 Å². The van der Waals surface area contributed by atoms with Crippen molar-refractivity contribution in [3.05, 3.63) is 56.5 Å². The zero-order chi connectivity index (χ0) is 18.1. The lowest BCUT2D eigenvalue weighted by Crippen LogP contribution is -2.46. The molecule has 4 nitrogen and oxygen atoms in total. The molecule has 2 atom stereocenters. The lowest BCUT2D eigenvalue weighted by atomic mass is 10.0. The molecule has 134 valence electrons. The molecule has 2 unspecified atom stereocenters. The second-order valence-corrected chi connectivity index (χ2v) is 8.56. The molecule has 7 heteroatoms. The largest absolute Gasteiger partial charge is 0.374 e. The Morgan fingerprint density at radius 2 is 2.04 bits per heavy atom. The molecular weight excluding hydrogens is 424 g/mol. The Morgan fingerprint density at radius 3 is 2.76 bits per heavy atom. The summed E-state index contributed by atoms with van der Waals surface area (Å²) < 4.78 is 0.824. The van der Waals surface area contributed by atoms with E-state index in [0.29, 0.717) is 11.6 Å². The fourth-order valence-electron chi connectivity index (χ4n) is 2.99. The summed E-state index contributed by atoms with van der Waals surface area (Å²) in [6, 6.07) is 9.61. The zero-order valence-corrected chi connectivity index (χ0v) is 17.1. The van der Waals surface area contributed by atoms with Gasteiger partial charge in [0.05, 0.1) is 5.69 Å². The lowest BCUT2D eigenvalue weighted by molar-refractivity contribution is -0.104. The Labute approximate surface area is 165 Å². The van der Waals surface area contributed by atoms with Gasteiger partial charge in [0.15, 0.2) is 6.35 Å². The van der Waals surface area contributed by atoms with Crippen LogP contribution < -0.4 is 5.32 Å². The molecule has 0 radical (unpaired) electrons. The van der Waals surface area contributed by atoms with Crippen LogP contribution in [0.4, 0.5) is 5.69 Å². The molecule has 0 saturated heterocycles. The first kappa shape index (κ1) is 19.0. The van der Waals surface area contributed by atoms with Gasteiger partial charge in [-0.15, -0.1) is 11.8 Å². The maximum absolute atomic E-state index is 10.9. The van der Waals surface area contributed by atoms with Crippen LogP contribution in [-0.2, 0) is 6.54 Å². The fourth-order valence-corrected chi connectivity index (χ4v) is 4.67. The van der Waals surface area contributed by atoms with Crippen LogP contribution in [0.5, 0.6) is 0 Å². The third kappa shape index (κ3) is 3.99. The smallest absolute Gasteiger partial charge is 0.186 e. The average molecular weight is 444 g/mol. The maximum atomic E-state index is 10.9. The number of halogens is 2. The van der Waals surface area contributed by atoms with Gasteiger partial charge in [-0.05, 0) is 70.1 Å². The number of aryl methyl sites for hydroxylation is 1. The molecule has 25 heavy (non-hydrogen) atoms. The third-order valence-electron chi connectivity index (χ3n) is 4.12. The molecule has 0 amide bonds. The summed E-state index contributed by atoms with van der Waals surface area (Å²) >= 11 is 11.4. The third-order valence-corrected chi connectivity index (χ3v) is 5.98. The molecule has 2 aromatic rings. The van der Waals surface area contributed by atoms with Crippen molar-refractivity contribution < 1.29 is 10.2 Å². The van der Waals surface area contributed by atoms with E-state index in [0.717, 1.165) is 37.5 Å². The second-order valence-electron chi connectivity index (χ2n) is 5.96. The summed E-state index contributed by atoms with van der Waals surface area (Å²) in [4.78, 5) is 2.71. The summed E-state index contributed by atoms with van der Waals surface area (Å²) in [6.45, 7) is 4.44. The molecular formula is C18H20BrClN2O2S. The van der Waals surface area contributed by atoms with Crippen LogP contribution in [0.2, 0.25) is 5.02 Å². The molecule has 1 heterocycles. The van der Waals surface area contributed by atoms with Crippen LogP contribution in [0.3, 0.4) is 0 Å². The number of aliphatic hydroxyl groups excluding tert-OH is 2. The number of rotatable bonds is 4. The standard InChI is InChI=1S/C18H20BrClN2O2S/c1-3-25-15-5-4-12(20)8-11(15)9-22-17(23)13-6-10(2)7-14(19)16(13)21-18(22)24/h4-8,17-18,21,23-24H,3,9H2,1-2H3. The van der Waals surface area contributed by atoms with Gasteiger partial charge in [0.1, 0.15) is 6.23 Å². The Bertz CT molecular complexity index is 790. The SMILES string of the molecule is CCSc1ccc(Cl)cc1CN1C(O)Nc2c(Br)cc(C)cc2C1O. The highest BCUT2D eigenvalue weighted by atomic mass is 79.9. The number of aliphatic hydroxyl groups is 2. The number of anilines is 1. The van der Waals surface area contributed by atoms with Crippen molar-refractivity contribution in [2.45, 2.75) is 37.9 Å². The molecule has 0 aromatic heterocycles. The first-order valence-electron chi connectivity index (χ1n) is 8.00. The van der Waals surface area contributed by atoms with E-state index in [4.69, 9.17) is 11.6 Å². The van der Waals surface area contributed by atoms with E-state index in [2.05, 4.69) is 28.2 Å². The number of nitrogens with one attached hydrogen (secondary N) is 1. The summed E-state index contributed by atoms with van der Waals surface area (Å²) in [6.07, 6.45) is -1.92. The molecule has 0 saturated carbocycles. The van der Waals surface area contributed by atoms with E-state index in [1.54, 1.807) is 16.7 Å². The molecule has 3 N–H and O–H groups in total. The minimum atomic E-state index is -1.00. The highest BCUT2D eigenvalue weighted by Crippen LogP contribution is 2.39. The number of thioether (sulfide) groups is 1. The van der Waals surface area contributed by atoms with E-state index in [1.165, 1.54) is 0 Å². The Kier molecular flexibility index (Phi) is 5.98. The second kappa shape index (κ2) is 7.86. The van der Waals surface area contributed by atoms with Crippen LogP contribution in [0.15, 0.2) is 39.7 Å². The molecule has 0 spiro atoms. The van der Waals surface area contributed by atoms with E-state index in [1.807, 2.05) is 37.3 Å². The Balaban J connectivity index is 1.95. The number of hydrogen-bond donors (Lipinski definition) is 3. The summed E-state index contributed by atoms with van der Waals surface area (Å²) in [5.74, 6) is 0.937. The summed E-state index contributed by atoms with van der Waals surface area (Å²) in [5, 5.41) is 25.1. The first-order valence-corrected chi connectivity index (χ1v) is 10.2. The first-order chi connectivity index (χ1) is 11.9. The fraction of sp³-hybridized carbons (Fsp3) is 0.333. The van der Waals surface area contributed by atoms with Gasteiger partial charge in [-0.1, -0.05) is 18.5 Å². The zero-order valence-electron chi connectivity index (χ0n) is 14.0. The van der Waals surface area contributed by atoms with Crippen molar-refractivity contribution in [1.29, 1.82) is 0 Å². The average Bonchev–Trinajstić information content (AvgIpc) is 2.55. The Morgan fingerprint density at radius 1 is 1.28 bits per heavy atom. The van der Waals surface area contributed by atoms with Gasteiger partial charge in [0, 0.05) is 26.5 Å². The predicted octanol–water partition coefficient (Wildman–Crippen LogP) is 4.72. The highest BCUT2D eigenvalue weighted by molar-refractivity contribution is 9.10. The van der Waals surface area contributed by atoms with Gasteiger partial charge in [-0.3, -0.25) is 0 Å². The number of benzene rings is 2. The number of nitrogens with zero attached hydrogens (tertiary/aromatic N) is 1. The van der Waals surface area contributed by atoms with Gasteiger partial charge in [-0.2, -0.15) is 0 Å². The molecule has 1 aliphatic rings. The number of fused-ring (bicyclic) bond motifs is 1. The van der Waals surface area contributed by atoms with Crippen molar-refractivity contribution in [2.24, 2.45) is 0 Å². The normalized spacial score (nSPS) is 20.2. The van der Waals surface area contributed by atoms with E-state index in [-0.39, 0.29) is 0 Å². The van der Waals surface area contributed by atoms with Crippen LogP contribution in [0.1, 0.15) is 29.8 Å². The van der Waals surface area contributed by atoms with Crippen molar-refractivity contribution in [2.75, 3.05) is 11.1 Å². The van der Waals surface area contributed by atoms with Crippen LogP contribution in [-0.4, -0.2) is 27.2 Å².